The van der Waals surface area contributed by atoms with E-state index in [2.05, 4.69) is 15.3 Å². The van der Waals surface area contributed by atoms with E-state index >= 15 is 0 Å². The van der Waals surface area contributed by atoms with Crippen molar-refractivity contribution in [1.82, 2.24) is 9.97 Å². The number of anilines is 1. The van der Waals surface area contributed by atoms with E-state index < -0.39 is 34.8 Å². The van der Waals surface area contributed by atoms with Crippen LogP contribution in [0.1, 0.15) is 27.0 Å². The lowest BCUT2D eigenvalue weighted by atomic mass is 10.0. The van der Waals surface area contributed by atoms with Gasteiger partial charge in [-0.1, -0.05) is 12.1 Å². The number of hydrogen-bond donors (Lipinski definition) is 1. The van der Waals surface area contributed by atoms with Gasteiger partial charge in [-0.2, -0.15) is 13.2 Å². The highest BCUT2D eigenvalue weighted by atomic mass is 19.4. The van der Waals surface area contributed by atoms with Crippen LogP contribution >= 0.6 is 0 Å². The van der Waals surface area contributed by atoms with Gasteiger partial charge in [-0.3, -0.25) is 14.8 Å². The summed E-state index contributed by atoms with van der Waals surface area (Å²) in [6.07, 6.45) is -1.05. The largest absolute Gasteiger partial charge is 0.418 e. The van der Waals surface area contributed by atoms with Crippen molar-refractivity contribution in [2.45, 2.75) is 12.6 Å². The van der Waals surface area contributed by atoms with Crippen LogP contribution in [0.25, 0.3) is 0 Å². The zero-order valence-electron chi connectivity index (χ0n) is 14.1. The summed E-state index contributed by atoms with van der Waals surface area (Å²) in [5.41, 5.74) is -0.756. The van der Waals surface area contributed by atoms with Gasteiger partial charge in [0.05, 0.1) is 18.0 Å². The Labute approximate surface area is 156 Å². The molecule has 1 N–H and O–H groups in total. The average molecular weight is 393 g/mol. The summed E-state index contributed by atoms with van der Waals surface area (Å²) in [6.45, 7) is 0. The molecule has 0 radical (unpaired) electrons. The van der Waals surface area contributed by atoms with Gasteiger partial charge in [0.15, 0.2) is 11.6 Å². The molecule has 0 aliphatic heterocycles. The number of carbonyl (C=O) groups is 1. The summed E-state index contributed by atoms with van der Waals surface area (Å²) in [5, 5.41) is 2.33. The lowest BCUT2D eigenvalue weighted by molar-refractivity contribution is -0.138. The third kappa shape index (κ3) is 4.30. The predicted molar refractivity (Wildman–Crippen MR) is 90.6 cm³/mol. The zero-order valence-corrected chi connectivity index (χ0v) is 14.1. The zero-order chi connectivity index (χ0) is 20.3. The Morgan fingerprint density at radius 3 is 2.18 bits per heavy atom. The monoisotopic (exact) mass is 393 g/mol. The normalized spacial score (nSPS) is 11.3. The van der Waals surface area contributed by atoms with E-state index in [0.29, 0.717) is 18.0 Å². The Bertz CT molecular complexity index is 983. The number of rotatable bonds is 4. The number of carbonyl (C=O) groups excluding carboxylic acids is 1. The van der Waals surface area contributed by atoms with Crippen molar-refractivity contribution in [3.8, 4) is 0 Å². The van der Waals surface area contributed by atoms with Crippen molar-refractivity contribution in [3.63, 3.8) is 0 Å². The fraction of sp³-hybridized carbons (Fsp3) is 0.105. The number of pyridine rings is 2. The standard InChI is InChI=1S/C19H12F5N3O/c20-15-9-26-10-16(21)17(15)18(28)27-13-3-1-11(2-4-13)7-12-5-6-25-8-14(12)19(22,23)24/h1-6,8-10H,7H2,(H,27,28). The Kier molecular flexibility index (Phi) is 5.34. The molecular formula is C19H12F5N3O. The minimum atomic E-state index is -4.52. The van der Waals surface area contributed by atoms with Crippen LogP contribution in [0.5, 0.6) is 0 Å². The van der Waals surface area contributed by atoms with Gasteiger partial charge in [0.1, 0.15) is 5.56 Å². The number of benzene rings is 1. The van der Waals surface area contributed by atoms with E-state index in [9.17, 15) is 26.7 Å². The minimum absolute atomic E-state index is 0.000793. The van der Waals surface area contributed by atoms with Crippen LogP contribution in [0.2, 0.25) is 0 Å². The van der Waals surface area contributed by atoms with Crippen LogP contribution in [-0.4, -0.2) is 15.9 Å². The summed E-state index contributed by atoms with van der Waals surface area (Å²) < 4.78 is 66.3. The van der Waals surface area contributed by atoms with Gasteiger partial charge in [-0.15, -0.1) is 0 Å². The van der Waals surface area contributed by atoms with Gasteiger partial charge in [0.25, 0.3) is 5.91 Å². The average Bonchev–Trinajstić information content (AvgIpc) is 2.63. The first kappa shape index (κ1) is 19.4. The highest BCUT2D eigenvalue weighted by molar-refractivity contribution is 6.04. The van der Waals surface area contributed by atoms with E-state index in [1.807, 2.05) is 0 Å². The Hall–Kier alpha value is -3.36. The second-order valence-corrected chi connectivity index (χ2v) is 5.84. The van der Waals surface area contributed by atoms with Crippen molar-refractivity contribution in [2.24, 2.45) is 0 Å². The molecule has 0 unspecified atom stereocenters. The van der Waals surface area contributed by atoms with Gasteiger partial charge >= 0.3 is 6.18 Å². The molecule has 4 nitrogen and oxygen atoms in total. The molecule has 1 aromatic carbocycles. The van der Waals surface area contributed by atoms with Gasteiger partial charge in [-0.25, -0.2) is 8.78 Å². The van der Waals surface area contributed by atoms with E-state index in [4.69, 9.17) is 0 Å². The number of amides is 1. The summed E-state index contributed by atoms with van der Waals surface area (Å²) in [6, 6.07) is 7.16. The van der Waals surface area contributed by atoms with E-state index in [-0.39, 0.29) is 17.7 Å². The molecule has 3 rings (SSSR count). The first-order chi connectivity index (χ1) is 13.3. The van der Waals surface area contributed by atoms with Crippen molar-refractivity contribution in [3.05, 3.63) is 89.0 Å². The Morgan fingerprint density at radius 1 is 0.929 bits per heavy atom. The first-order valence-electron chi connectivity index (χ1n) is 7.95. The number of hydrogen-bond acceptors (Lipinski definition) is 3. The number of nitrogens with zero attached hydrogens (tertiary/aromatic N) is 2. The molecule has 1 amide bonds. The minimum Gasteiger partial charge on any atom is -0.322 e. The molecule has 9 heteroatoms. The first-order valence-corrected chi connectivity index (χ1v) is 7.95. The van der Waals surface area contributed by atoms with Crippen LogP contribution in [0.15, 0.2) is 55.1 Å². The van der Waals surface area contributed by atoms with Crippen molar-refractivity contribution >= 4 is 11.6 Å². The number of aromatic nitrogens is 2. The molecule has 2 aromatic heterocycles. The fourth-order valence-corrected chi connectivity index (χ4v) is 2.58. The maximum absolute atomic E-state index is 13.6. The number of alkyl halides is 3. The molecule has 0 aliphatic rings. The summed E-state index contributed by atoms with van der Waals surface area (Å²) >= 11 is 0. The fourth-order valence-electron chi connectivity index (χ4n) is 2.58. The van der Waals surface area contributed by atoms with Gasteiger partial charge in [-0.05, 0) is 35.7 Å². The molecule has 2 heterocycles. The summed E-state index contributed by atoms with van der Waals surface area (Å²) in [5.74, 6) is -3.21. The molecule has 3 aromatic rings. The van der Waals surface area contributed by atoms with E-state index in [1.54, 1.807) is 0 Å². The third-order valence-corrected chi connectivity index (χ3v) is 3.90. The van der Waals surface area contributed by atoms with E-state index in [0.717, 1.165) is 6.20 Å². The molecule has 28 heavy (non-hydrogen) atoms. The van der Waals surface area contributed by atoms with E-state index in [1.165, 1.54) is 36.5 Å². The number of nitrogens with one attached hydrogen (secondary N) is 1. The Morgan fingerprint density at radius 2 is 1.57 bits per heavy atom. The molecule has 0 aliphatic carbocycles. The van der Waals surface area contributed by atoms with Crippen LogP contribution < -0.4 is 5.32 Å². The maximum Gasteiger partial charge on any atom is 0.418 e. The highest BCUT2D eigenvalue weighted by Crippen LogP contribution is 2.32. The molecule has 144 valence electrons. The van der Waals surface area contributed by atoms with Crippen molar-refractivity contribution in [2.75, 3.05) is 5.32 Å². The van der Waals surface area contributed by atoms with Gasteiger partial charge in [0, 0.05) is 18.1 Å². The lowest BCUT2D eigenvalue weighted by Gasteiger charge is -2.12. The predicted octanol–water partition coefficient (Wildman–Crippen LogP) is 4.62. The molecule has 0 atom stereocenters. The molecule has 0 fully saturated rings. The van der Waals surface area contributed by atoms with Gasteiger partial charge in [0.2, 0.25) is 0 Å². The quantitative estimate of drug-likeness (QED) is 0.659. The summed E-state index contributed by atoms with van der Waals surface area (Å²) in [7, 11) is 0. The second kappa shape index (κ2) is 7.71. The number of halogens is 5. The molecule has 0 bridgehead atoms. The SMILES string of the molecule is O=C(Nc1ccc(Cc2ccncc2C(F)(F)F)cc1)c1c(F)cncc1F. The summed E-state index contributed by atoms with van der Waals surface area (Å²) in [4.78, 5) is 18.8. The molecule has 0 spiro atoms. The molecule has 0 saturated carbocycles. The Balaban J connectivity index is 1.76. The van der Waals surface area contributed by atoms with Crippen LogP contribution in [0, 0.1) is 11.6 Å². The van der Waals surface area contributed by atoms with Crippen LogP contribution in [0.4, 0.5) is 27.6 Å². The molecular weight excluding hydrogens is 381 g/mol. The van der Waals surface area contributed by atoms with Crippen LogP contribution in [-0.2, 0) is 12.6 Å². The topological polar surface area (TPSA) is 54.9 Å². The van der Waals surface area contributed by atoms with Crippen molar-refractivity contribution in [1.29, 1.82) is 0 Å². The smallest absolute Gasteiger partial charge is 0.322 e. The second-order valence-electron chi connectivity index (χ2n) is 5.84. The third-order valence-electron chi connectivity index (χ3n) is 3.90. The van der Waals surface area contributed by atoms with Gasteiger partial charge < -0.3 is 5.32 Å². The maximum atomic E-state index is 13.6. The van der Waals surface area contributed by atoms with Crippen LogP contribution in [0.3, 0.4) is 0 Å². The lowest BCUT2D eigenvalue weighted by Crippen LogP contribution is -2.16. The molecule has 0 saturated heterocycles. The highest BCUT2D eigenvalue weighted by Gasteiger charge is 2.33. The van der Waals surface area contributed by atoms with Crippen molar-refractivity contribution < 1.29 is 26.7 Å².